The van der Waals surface area contributed by atoms with Crippen LogP contribution < -0.4 is 10.6 Å². The molecule has 0 bridgehead atoms. The summed E-state index contributed by atoms with van der Waals surface area (Å²) in [5.41, 5.74) is 0.908. The molecule has 158 valence electrons. The monoisotopic (exact) mass is 436 g/mol. The second kappa shape index (κ2) is 7.91. The van der Waals surface area contributed by atoms with E-state index in [2.05, 4.69) is 10.6 Å². The number of rotatable bonds is 4. The highest BCUT2D eigenvalue weighted by atomic mass is 32.1. The zero-order valence-electron chi connectivity index (χ0n) is 15.9. The molecule has 1 heterocycles. The molecule has 1 fully saturated rings. The molecule has 30 heavy (non-hydrogen) atoms. The molecule has 3 aromatic rings. The molecular formula is C22H20F4N2OS. The van der Waals surface area contributed by atoms with Crippen molar-refractivity contribution in [2.45, 2.75) is 43.7 Å². The molecule has 3 nitrogen and oxygen atoms in total. The molecule has 1 aliphatic rings. The smallest absolute Gasteiger partial charge is 0.353 e. The van der Waals surface area contributed by atoms with Crippen molar-refractivity contribution < 1.29 is 22.4 Å². The van der Waals surface area contributed by atoms with E-state index in [1.807, 2.05) is 6.07 Å². The van der Waals surface area contributed by atoms with Gasteiger partial charge in [-0.25, -0.2) is 4.39 Å². The lowest BCUT2D eigenvalue weighted by Gasteiger charge is -2.35. The molecule has 8 heteroatoms. The molecule has 1 aromatic heterocycles. The molecule has 2 aromatic carbocycles. The molecule has 0 spiro atoms. The number of carbonyl (C=O) groups excluding carboxylic acids is 1. The number of fused-ring (bicyclic) bond motifs is 1. The zero-order valence-corrected chi connectivity index (χ0v) is 16.7. The van der Waals surface area contributed by atoms with Gasteiger partial charge in [0, 0.05) is 40.2 Å². The Morgan fingerprint density at radius 1 is 1.03 bits per heavy atom. The third-order valence-corrected chi connectivity index (χ3v) is 6.49. The summed E-state index contributed by atoms with van der Waals surface area (Å²) in [7, 11) is 0. The van der Waals surface area contributed by atoms with Gasteiger partial charge in [0.2, 0.25) is 0 Å². The van der Waals surface area contributed by atoms with Gasteiger partial charge in [-0.15, -0.1) is 11.3 Å². The average molecular weight is 436 g/mol. The molecule has 1 saturated carbocycles. The third kappa shape index (κ3) is 4.43. The van der Waals surface area contributed by atoms with Crippen LogP contribution in [-0.2, 0) is 6.18 Å². The van der Waals surface area contributed by atoms with E-state index in [-0.39, 0.29) is 24.8 Å². The number of anilines is 1. The number of alkyl halides is 4. The van der Waals surface area contributed by atoms with Gasteiger partial charge >= 0.3 is 6.18 Å². The van der Waals surface area contributed by atoms with Crippen molar-refractivity contribution in [3.63, 3.8) is 0 Å². The summed E-state index contributed by atoms with van der Waals surface area (Å²) in [6.07, 6.45) is -3.24. The predicted octanol–water partition coefficient (Wildman–Crippen LogP) is 6.37. The first-order chi connectivity index (χ1) is 14.2. The van der Waals surface area contributed by atoms with Gasteiger partial charge in [0.25, 0.3) is 5.91 Å². The lowest BCUT2D eigenvalue weighted by Crippen LogP contribution is -2.45. The van der Waals surface area contributed by atoms with Gasteiger partial charge in [-0.2, -0.15) is 13.2 Å². The van der Waals surface area contributed by atoms with Crippen LogP contribution in [0, 0.1) is 0 Å². The Hall–Kier alpha value is -2.61. The lowest BCUT2D eigenvalue weighted by molar-refractivity contribution is -0.134. The fourth-order valence-corrected chi connectivity index (χ4v) is 4.71. The number of benzene rings is 2. The Bertz CT molecular complexity index is 1040. The topological polar surface area (TPSA) is 41.1 Å². The first-order valence-electron chi connectivity index (χ1n) is 9.66. The summed E-state index contributed by atoms with van der Waals surface area (Å²) in [5, 5.41) is 6.13. The lowest BCUT2D eigenvalue weighted by atomic mass is 9.88. The molecular weight excluding hydrogens is 416 g/mol. The van der Waals surface area contributed by atoms with E-state index >= 15 is 4.39 Å². The van der Waals surface area contributed by atoms with Crippen LogP contribution in [0.15, 0.2) is 54.6 Å². The summed E-state index contributed by atoms with van der Waals surface area (Å²) >= 11 is 0.650. The van der Waals surface area contributed by atoms with Crippen LogP contribution >= 0.6 is 11.3 Å². The third-order valence-electron chi connectivity index (χ3n) is 5.35. The first-order valence-corrected chi connectivity index (χ1v) is 10.5. The Kier molecular flexibility index (Phi) is 5.44. The zero-order chi connectivity index (χ0) is 21.4. The number of halogens is 4. The van der Waals surface area contributed by atoms with Crippen molar-refractivity contribution in [1.82, 2.24) is 5.32 Å². The second-order valence-electron chi connectivity index (χ2n) is 7.53. The minimum absolute atomic E-state index is 0.142. The van der Waals surface area contributed by atoms with Gasteiger partial charge in [-0.05, 0) is 43.2 Å². The van der Waals surface area contributed by atoms with Crippen LogP contribution in [0.4, 0.5) is 23.2 Å². The number of thiophene rings is 1. The molecule has 0 unspecified atom stereocenters. The largest absolute Gasteiger partial charge is 0.425 e. The molecule has 0 saturated heterocycles. The molecule has 0 radical (unpaired) electrons. The van der Waals surface area contributed by atoms with Gasteiger partial charge in [0.1, 0.15) is 4.88 Å². The number of hydrogen-bond acceptors (Lipinski definition) is 3. The normalized spacial score (nSPS) is 22.1. The van der Waals surface area contributed by atoms with Crippen molar-refractivity contribution >= 4 is 33.0 Å². The van der Waals surface area contributed by atoms with Gasteiger partial charge in [0.15, 0.2) is 5.79 Å². The highest BCUT2D eigenvalue weighted by Crippen LogP contribution is 2.42. The van der Waals surface area contributed by atoms with Gasteiger partial charge in [0.05, 0.1) is 0 Å². The van der Waals surface area contributed by atoms with Gasteiger partial charge in [-0.1, -0.05) is 24.3 Å². The van der Waals surface area contributed by atoms with Crippen LogP contribution in [0.25, 0.3) is 10.1 Å². The quantitative estimate of drug-likeness (QED) is 0.369. The molecule has 0 atom stereocenters. The fourth-order valence-electron chi connectivity index (χ4n) is 3.75. The van der Waals surface area contributed by atoms with Crippen molar-refractivity contribution in [2.24, 2.45) is 0 Å². The highest BCUT2D eigenvalue weighted by Gasteiger charge is 2.37. The number of nitrogens with one attached hydrogen (secondary N) is 2. The summed E-state index contributed by atoms with van der Waals surface area (Å²) in [5.74, 6) is -1.93. The van der Waals surface area contributed by atoms with Crippen molar-refractivity contribution in [3.05, 3.63) is 65.0 Å². The predicted molar refractivity (Wildman–Crippen MR) is 110 cm³/mol. The van der Waals surface area contributed by atoms with E-state index in [1.54, 1.807) is 42.5 Å². The van der Waals surface area contributed by atoms with E-state index in [0.29, 0.717) is 45.5 Å². The maximum absolute atomic E-state index is 15.4. The first kappa shape index (κ1) is 20.7. The van der Waals surface area contributed by atoms with Crippen LogP contribution in [0.5, 0.6) is 0 Å². The maximum Gasteiger partial charge on any atom is 0.425 e. The van der Waals surface area contributed by atoms with Crippen LogP contribution in [0.3, 0.4) is 0 Å². The van der Waals surface area contributed by atoms with Crippen molar-refractivity contribution in [3.8, 4) is 0 Å². The summed E-state index contributed by atoms with van der Waals surface area (Å²) in [6.45, 7) is 0. The average Bonchev–Trinajstić information content (AvgIpc) is 3.17. The Labute approximate surface area is 175 Å². The Morgan fingerprint density at radius 2 is 1.73 bits per heavy atom. The fraction of sp³-hybridized carbons (Fsp3) is 0.318. The summed E-state index contributed by atoms with van der Waals surface area (Å²) in [4.78, 5) is 11.6. The van der Waals surface area contributed by atoms with Crippen LogP contribution in [-0.4, -0.2) is 17.7 Å². The minimum atomic E-state index is -4.43. The van der Waals surface area contributed by atoms with Crippen molar-refractivity contribution in [1.29, 1.82) is 0 Å². The molecule has 1 aliphatic carbocycles. The number of amides is 1. The highest BCUT2D eigenvalue weighted by molar-refractivity contribution is 7.19. The standard InChI is InChI=1S/C22H20F4N2OS/c23-21(11-9-15(10-12-21)27-20(29)14-5-2-1-3-6-14)28-17-7-4-8-18-16(17)13-19(30-18)22(24,25)26/h1-8,13,15,28H,9-12H2,(H,27,29). The van der Waals surface area contributed by atoms with Gasteiger partial charge in [-0.3, -0.25) is 4.79 Å². The number of carbonyl (C=O) groups is 1. The molecule has 1 amide bonds. The van der Waals surface area contributed by atoms with E-state index in [1.165, 1.54) is 0 Å². The Balaban J connectivity index is 1.43. The molecule has 2 N–H and O–H groups in total. The summed E-state index contributed by atoms with van der Waals surface area (Å²) in [6, 6.07) is 14.6. The van der Waals surface area contributed by atoms with Crippen molar-refractivity contribution in [2.75, 3.05) is 5.32 Å². The SMILES string of the molecule is O=C(NC1CCC(F)(Nc2cccc3sc(C(F)(F)F)cc23)CC1)c1ccccc1. The van der Waals surface area contributed by atoms with E-state index in [4.69, 9.17) is 0 Å². The van der Waals surface area contributed by atoms with Crippen LogP contribution in [0.1, 0.15) is 40.9 Å². The second-order valence-corrected chi connectivity index (χ2v) is 8.61. The maximum atomic E-state index is 15.4. The molecule has 0 aliphatic heterocycles. The minimum Gasteiger partial charge on any atom is -0.353 e. The van der Waals surface area contributed by atoms with E-state index < -0.39 is 16.8 Å². The van der Waals surface area contributed by atoms with Gasteiger partial charge < -0.3 is 10.6 Å². The van der Waals surface area contributed by atoms with E-state index in [9.17, 15) is 18.0 Å². The molecule has 4 rings (SSSR count). The summed E-state index contributed by atoms with van der Waals surface area (Å²) < 4.78 is 55.0. The van der Waals surface area contributed by atoms with E-state index in [0.717, 1.165) is 6.07 Å². The Morgan fingerprint density at radius 3 is 2.40 bits per heavy atom. The number of hydrogen-bond donors (Lipinski definition) is 2. The van der Waals surface area contributed by atoms with Crippen LogP contribution in [0.2, 0.25) is 0 Å².